The summed E-state index contributed by atoms with van der Waals surface area (Å²) in [5.41, 5.74) is 0. The van der Waals surface area contributed by atoms with Crippen LogP contribution < -0.4 is 0 Å². The van der Waals surface area contributed by atoms with Gasteiger partial charge in [-0.15, -0.1) is 0 Å². The van der Waals surface area contributed by atoms with Crippen molar-refractivity contribution in [2.24, 2.45) is 0 Å². The molecule has 1 rings (SSSR count). The lowest BCUT2D eigenvalue weighted by Gasteiger charge is -1.86. The molecule has 0 aliphatic heterocycles. The highest BCUT2D eigenvalue weighted by molar-refractivity contribution is 9.10. The third-order valence-electron chi connectivity index (χ3n) is 0.980. The van der Waals surface area contributed by atoms with E-state index in [2.05, 4.69) is 21.0 Å². The number of nitrogens with zero attached hydrogens (tertiary/aromatic N) is 4. The zero-order chi connectivity index (χ0) is 9.30. The van der Waals surface area contributed by atoms with Gasteiger partial charge in [-0.1, -0.05) is 0 Å². The van der Waals surface area contributed by atoms with Crippen LogP contribution in [-0.4, -0.2) is 19.8 Å². The Morgan fingerprint density at radius 1 is 1.50 bits per heavy atom. The molecule has 0 N–H and O–H groups in total. The van der Waals surface area contributed by atoms with Crippen molar-refractivity contribution in [3.8, 4) is 0 Å². The van der Waals surface area contributed by atoms with Crippen molar-refractivity contribution in [2.75, 3.05) is 0 Å². The summed E-state index contributed by atoms with van der Waals surface area (Å²) in [5.74, 6) is -0.577. The second-order valence-corrected chi connectivity index (χ2v) is 2.57. The largest absolute Gasteiger partial charge is 0.408 e. The fourth-order valence-electron chi connectivity index (χ4n) is 0.540. The standard InChI is InChI=1S/C3HBrN4O4/c4-2-1-6(8(11)12)5-3(2)7(9)10/h1H. The van der Waals surface area contributed by atoms with Crippen LogP contribution in [0, 0.1) is 20.2 Å². The summed E-state index contributed by atoms with van der Waals surface area (Å²) in [6.45, 7) is 0. The Balaban J connectivity index is 3.17. The van der Waals surface area contributed by atoms with E-state index in [1.165, 1.54) is 0 Å². The van der Waals surface area contributed by atoms with Crippen LogP contribution in [0.2, 0.25) is 0 Å². The summed E-state index contributed by atoms with van der Waals surface area (Å²) < 4.78 is -0.0239. The van der Waals surface area contributed by atoms with Crippen molar-refractivity contribution in [2.45, 2.75) is 0 Å². The summed E-state index contributed by atoms with van der Waals surface area (Å²) in [4.78, 5) is 19.6. The van der Waals surface area contributed by atoms with Crippen molar-refractivity contribution >= 4 is 21.7 Å². The molecular weight excluding hydrogens is 236 g/mol. The first-order valence-electron chi connectivity index (χ1n) is 2.56. The SMILES string of the molecule is O=[N+]([O-])c1nn([N+](=O)[O-])cc1Br. The van der Waals surface area contributed by atoms with Crippen molar-refractivity contribution in [1.82, 2.24) is 9.89 Å². The van der Waals surface area contributed by atoms with Gasteiger partial charge in [0.15, 0.2) is 0 Å². The van der Waals surface area contributed by atoms with Gasteiger partial charge in [-0.2, -0.15) is 0 Å². The molecule has 1 heterocycles. The van der Waals surface area contributed by atoms with Crippen LogP contribution in [0.1, 0.15) is 0 Å². The summed E-state index contributed by atoms with van der Waals surface area (Å²) in [6, 6.07) is 0. The van der Waals surface area contributed by atoms with Crippen molar-refractivity contribution < 1.29 is 9.96 Å². The number of rotatable bonds is 2. The Morgan fingerprint density at radius 3 is 2.33 bits per heavy atom. The summed E-state index contributed by atoms with van der Waals surface area (Å²) in [5, 5.41) is 22.4. The predicted octanol–water partition coefficient (Wildman–Crippen LogP) is 0.594. The van der Waals surface area contributed by atoms with Gasteiger partial charge in [-0.25, -0.2) is 0 Å². The summed E-state index contributed by atoms with van der Waals surface area (Å²) in [7, 11) is 0. The summed E-state index contributed by atoms with van der Waals surface area (Å²) in [6.07, 6.45) is 0.901. The second kappa shape index (κ2) is 2.85. The fourth-order valence-corrected chi connectivity index (χ4v) is 0.947. The van der Waals surface area contributed by atoms with Gasteiger partial charge in [0.2, 0.25) is 0 Å². The Morgan fingerprint density at radius 2 is 2.08 bits per heavy atom. The molecule has 0 atom stereocenters. The number of hydrogen-bond acceptors (Lipinski definition) is 5. The average Bonchev–Trinajstić information content (AvgIpc) is 2.30. The normalized spacial score (nSPS) is 9.75. The number of nitro groups is 2. The van der Waals surface area contributed by atoms with Crippen LogP contribution in [0.25, 0.3) is 0 Å². The quantitative estimate of drug-likeness (QED) is 0.552. The van der Waals surface area contributed by atoms with Gasteiger partial charge in [0.25, 0.3) is 0 Å². The van der Waals surface area contributed by atoms with Gasteiger partial charge in [0.05, 0.1) is 5.03 Å². The smallest absolute Gasteiger partial charge is 0.358 e. The fraction of sp³-hybridized carbons (Fsp3) is 0. The molecule has 0 aliphatic rings. The first-order valence-corrected chi connectivity index (χ1v) is 3.36. The minimum absolute atomic E-state index is 0.0239. The maximum Gasteiger partial charge on any atom is 0.408 e. The molecule has 0 aliphatic carbocycles. The highest BCUT2D eigenvalue weighted by Gasteiger charge is 2.20. The molecule has 0 amide bonds. The topological polar surface area (TPSA) is 104 Å². The van der Waals surface area contributed by atoms with Gasteiger partial charge < -0.3 is 20.2 Å². The predicted molar refractivity (Wildman–Crippen MR) is 39.0 cm³/mol. The van der Waals surface area contributed by atoms with Crippen LogP contribution in [0.4, 0.5) is 5.82 Å². The third kappa shape index (κ3) is 1.39. The molecule has 0 bridgehead atoms. The molecule has 8 nitrogen and oxygen atoms in total. The molecule has 0 fully saturated rings. The van der Waals surface area contributed by atoms with E-state index in [0.717, 1.165) is 6.20 Å². The van der Waals surface area contributed by atoms with Gasteiger partial charge in [-0.05, 0) is 20.9 Å². The van der Waals surface area contributed by atoms with Crippen LogP contribution in [0.15, 0.2) is 10.7 Å². The molecule has 0 spiro atoms. The highest BCUT2D eigenvalue weighted by Crippen LogP contribution is 2.21. The van der Waals surface area contributed by atoms with Crippen LogP contribution in [0.3, 0.4) is 0 Å². The minimum Gasteiger partial charge on any atom is -0.358 e. The maximum atomic E-state index is 10.1. The molecule has 1 aromatic heterocycles. The van der Waals surface area contributed by atoms with Gasteiger partial charge >= 0.3 is 5.82 Å². The first-order chi connectivity index (χ1) is 5.52. The molecular formula is C3HBrN4O4. The Labute approximate surface area is 73.2 Å². The zero-order valence-corrected chi connectivity index (χ0v) is 6.96. The van der Waals surface area contributed by atoms with E-state index in [9.17, 15) is 20.2 Å². The van der Waals surface area contributed by atoms with Gasteiger partial charge in [-0.3, -0.25) is 0 Å². The molecule has 64 valence electrons. The van der Waals surface area contributed by atoms with E-state index in [1.807, 2.05) is 0 Å². The summed E-state index contributed by atoms with van der Waals surface area (Å²) >= 11 is 2.76. The molecule has 0 radical (unpaired) electrons. The van der Waals surface area contributed by atoms with Crippen LogP contribution in [-0.2, 0) is 0 Å². The maximum absolute atomic E-state index is 10.1. The van der Waals surface area contributed by atoms with Crippen LogP contribution >= 0.6 is 15.9 Å². The van der Waals surface area contributed by atoms with Gasteiger partial charge in [0, 0.05) is 4.79 Å². The minimum atomic E-state index is -0.877. The lowest BCUT2D eigenvalue weighted by atomic mass is 10.7. The van der Waals surface area contributed by atoms with Crippen molar-refractivity contribution in [3.63, 3.8) is 0 Å². The van der Waals surface area contributed by atoms with E-state index in [-0.39, 0.29) is 9.26 Å². The van der Waals surface area contributed by atoms with E-state index >= 15 is 0 Å². The molecule has 9 heteroatoms. The number of hydrogen-bond donors (Lipinski definition) is 0. The van der Waals surface area contributed by atoms with E-state index in [4.69, 9.17) is 0 Å². The molecule has 0 saturated carbocycles. The first kappa shape index (κ1) is 8.59. The Hall–Kier alpha value is -1.51. The molecule has 0 saturated heterocycles. The lowest BCUT2D eigenvalue weighted by Crippen LogP contribution is -2.08. The van der Waals surface area contributed by atoms with Crippen molar-refractivity contribution in [3.05, 3.63) is 30.9 Å². The van der Waals surface area contributed by atoms with Crippen LogP contribution in [0.5, 0.6) is 0 Å². The van der Waals surface area contributed by atoms with Gasteiger partial charge in [0.1, 0.15) is 15.8 Å². The second-order valence-electron chi connectivity index (χ2n) is 1.72. The monoisotopic (exact) mass is 236 g/mol. The number of halogens is 1. The van der Waals surface area contributed by atoms with Crippen molar-refractivity contribution in [1.29, 1.82) is 0 Å². The third-order valence-corrected chi connectivity index (χ3v) is 1.54. The molecule has 0 aromatic carbocycles. The molecule has 1 aromatic rings. The Bertz CT molecular complexity index is 346. The van der Waals surface area contributed by atoms with E-state index in [1.54, 1.807) is 0 Å². The number of aromatic nitrogens is 2. The molecule has 12 heavy (non-hydrogen) atoms. The average molecular weight is 237 g/mol. The van der Waals surface area contributed by atoms with E-state index in [0.29, 0.717) is 0 Å². The highest BCUT2D eigenvalue weighted by atomic mass is 79.9. The van der Waals surface area contributed by atoms with E-state index < -0.39 is 15.8 Å². The Kier molecular flexibility index (Phi) is 2.04. The zero-order valence-electron chi connectivity index (χ0n) is 5.38. The molecule has 0 unspecified atom stereocenters. The lowest BCUT2D eigenvalue weighted by molar-refractivity contribution is -0.554.